The molecule has 0 fully saturated rings. The van der Waals surface area contributed by atoms with Crippen LogP contribution in [-0.4, -0.2) is 13.1 Å². The van der Waals surface area contributed by atoms with E-state index in [1.807, 2.05) is 38.1 Å². The summed E-state index contributed by atoms with van der Waals surface area (Å²) in [5.41, 5.74) is 4.33. The summed E-state index contributed by atoms with van der Waals surface area (Å²) >= 11 is 0. The quantitative estimate of drug-likeness (QED) is 0.362. The zero-order valence-corrected chi connectivity index (χ0v) is 13.0. The molecule has 0 atom stereocenters. The maximum atomic E-state index is 11.4. The molecular formula is C19H20O2. The van der Waals surface area contributed by atoms with E-state index in [1.54, 1.807) is 19.1 Å². The van der Waals surface area contributed by atoms with E-state index in [1.165, 1.54) is 7.11 Å². The maximum Gasteiger partial charge on any atom is 0.333 e. The first-order valence-electron chi connectivity index (χ1n) is 6.67. The van der Waals surface area contributed by atoms with Gasteiger partial charge in [-0.3, -0.25) is 0 Å². The summed E-state index contributed by atoms with van der Waals surface area (Å²) in [7, 11) is 1.37. The van der Waals surface area contributed by atoms with Crippen molar-refractivity contribution in [1.29, 1.82) is 0 Å². The van der Waals surface area contributed by atoms with Gasteiger partial charge >= 0.3 is 5.97 Å². The number of ether oxygens (including phenoxy) is 1. The molecule has 2 heteroatoms. The van der Waals surface area contributed by atoms with Gasteiger partial charge in [-0.25, -0.2) is 4.79 Å². The standard InChI is InChI=1S/C19H20O2/c1-6-17(15(3)13-16(4)19(20)21-5)11-12-18-10-8-7-9-14(18)2/h6-10,13H,1H2,2-5H3/b16-13+,17-15+. The third kappa shape index (κ3) is 4.81. The monoisotopic (exact) mass is 280 g/mol. The number of benzene rings is 1. The second-order valence-corrected chi connectivity index (χ2v) is 4.68. The van der Waals surface area contributed by atoms with E-state index in [2.05, 4.69) is 23.2 Å². The molecule has 0 aromatic heterocycles. The molecule has 0 saturated carbocycles. The van der Waals surface area contributed by atoms with Crippen molar-refractivity contribution in [2.24, 2.45) is 0 Å². The normalized spacial score (nSPS) is 11.9. The van der Waals surface area contributed by atoms with Gasteiger partial charge in [0.25, 0.3) is 0 Å². The Morgan fingerprint density at radius 2 is 1.95 bits per heavy atom. The van der Waals surface area contributed by atoms with Gasteiger partial charge in [0, 0.05) is 16.7 Å². The number of rotatable bonds is 3. The summed E-state index contributed by atoms with van der Waals surface area (Å²) in [6.45, 7) is 9.42. The molecule has 0 heterocycles. The second-order valence-electron chi connectivity index (χ2n) is 4.68. The van der Waals surface area contributed by atoms with Gasteiger partial charge in [0.1, 0.15) is 0 Å². The number of hydrogen-bond donors (Lipinski definition) is 0. The molecule has 0 unspecified atom stereocenters. The SMILES string of the molecule is C=C/C(C#Cc1ccccc1C)=C(C)\C=C(/C)C(=O)OC. The molecule has 0 aliphatic rings. The summed E-state index contributed by atoms with van der Waals surface area (Å²) in [5, 5.41) is 0. The van der Waals surface area contributed by atoms with Gasteiger partial charge in [0.05, 0.1) is 7.11 Å². The predicted octanol–water partition coefficient (Wildman–Crippen LogP) is 3.97. The van der Waals surface area contributed by atoms with E-state index in [0.717, 1.165) is 22.3 Å². The van der Waals surface area contributed by atoms with Crippen molar-refractivity contribution in [2.75, 3.05) is 7.11 Å². The smallest absolute Gasteiger partial charge is 0.333 e. The summed E-state index contributed by atoms with van der Waals surface area (Å²) < 4.78 is 4.68. The summed E-state index contributed by atoms with van der Waals surface area (Å²) in [5.74, 6) is 5.90. The minimum absolute atomic E-state index is 0.343. The van der Waals surface area contributed by atoms with Gasteiger partial charge in [-0.05, 0) is 44.1 Å². The topological polar surface area (TPSA) is 26.3 Å². The highest BCUT2D eigenvalue weighted by Crippen LogP contribution is 2.11. The fourth-order valence-corrected chi connectivity index (χ4v) is 1.78. The van der Waals surface area contributed by atoms with Crippen LogP contribution in [-0.2, 0) is 9.53 Å². The molecule has 1 aromatic carbocycles. The lowest BCUT2D eigenvalue weighted by atomic mass is 10.1. The van der Waals surface area contributed by atoms with Crippen molar-refractivity contribution in [3.63, 3.8) is 0 Å². The number of allylic oxidation sites excluding steroid dienone is 4. The molecule has 0 saturated heterocycles. The first-order chi connectivity index (χ1) is 9.99. The van der Waals surface area contributed by atoms with Gasteiger partial charge in [0.15, 0.2) is 0 Å². The Morgan fingerprint density at radius 3 is 2.52 bits per heavy atom. The van der Waals surface area contributed by atoms with E-state index < -0.39 is 0 Å². The molecule has 1 aromatic rings. The van der Waals surface area contributed by atoms with E-state index in [4.69, 9.17) is 0 Å². The van der Waals surface area contributed by atoms with Crippen LogP contribution in [0.15, 0.2) is 59.7 Å². The van der Waals surface area contributed by atoms with Crippen LogP contribution in [0.4, 0.5) is 0 Å². The third-order valence-electron chi connectivity index (χ3n) is 3.05. The first kappa shape index (κ1) is 16.5. The summed E-state index contributed by atoms with van der Waals surface area (Å²) in [4.78, 5) is 11.4. The summed E-state index contributed by atoms with van der Waals surface area (Å²) in [6.07, 6.45) is 3.46. The Morgan fingerprint density at radius 1 is 1.29 bits per heavy atom. The highest BCUT2D eigenvalue weighted by Gasteiger charge is 2.03. The highest BCUT2D eigenvalue weighted by atomic mass is 16.5. The van der Waals surface area contributed by atoms with Gasteiger partial charge < -0.3 is 4.74 Å². The Bertz CT molecular complexity index is 664. The molecule has 0 aliphatic carbocycles. The number of carbonyl (C=O) groups is 1. The van der Waals surface area contributed by atoms with Crippen LogP contribution in [0.3, 0.4) is 0 Å². The number of aryl methyl sites for hydroxylation is 1. The fraction of sp³-hybridized carbons (Fsp3) is 0.211. The number of esters is 1. The maximum absolute atomic E-state index is 11.4. The average Bonchev–Trinajstić information content (AvgIpc) is 2.48. The third-order valence-corrected chi connectivity index (χ3v) is 3.05. The molecular weight excluding hydrogens is 260 g/mol. The van der Waals surface area contributed by atoms with E-state index in [0.29, 0.717) is 5.57 Å². The van der Waals surface area contributed by atoms with Crippen LogP contribution < -0.4 is 0 Å². The van der Waals surface area contributed by atoms with Crippen LogP contribution in [0, 0.1) is 18.8 Å². The van der Waals surface area contributed by atoms with Gasteiger partial charge in [-0.1, -0.05) is 42.7 Å². The van der Waals surface area contributed by atoms with Crippen molar-refractivity contribution in [3.8, 4) is 11.8 Å². The largest absolute Gasteiger partial charge is 0.466 e. The lowest BCUT2D eigenvalue weighted by molar-refractivity contribution is -0.136. The van der Waals surface area contributed by atoms with Gasteiger partial charge in [-0.15, -0.1) is 0 Å². The number of carbonyl (C=O) groups excluding carboxylic acids is 1. The Balaban J connectivity index is 3.14. The van der Waals surface area contributed by atoms with Crippen molar-refractivity contribution in [3.05, 3.63) is 70.8 Å². The highest BCUT2D eigenvalue weighted by molar-refractivity contribution is 5.88. The predicted molar refractivity (Wildman–Crippen MR) is 86.7 cm³/mol. The molecule has 1 rings (SSSR count). The van der Waals surface area contributed by atoms with Crippen molar-refractivity contribution in [1.82, 2.24) is 0 Å². The Kier molecular flexibility index (Phi) is 6.23. The lowest BCUT2D eigenvalue weighted by Crippen LogP contribution is -2.01. The Hall–Kier alpha value is -2.53. The van der Waals surface area contributed by atoms with Crippen LogP contribution in [0.25, 0.3) is 0 Å². The second kappa shape index (κ2) is 7.91. The van der Waals surface area contributed by atoms with Crippen molar-refractivity contribution < 1.29 is 9.53 Å². The first-order valence-corrected chi connectivity index (χ1v) is 6.67. The number of hydrogen-bond acceptors (Lipinski definition) is 2. The minimum Gasteiger partial charge on any atom is -0.466 e. The molecule has 2 nitrogen and oxygen atoms in total. The van der Waals surface area contributed by atoms with Gasteiger partial charge in [-0.2, -0.15) is 0 Å². The molecule has 0 radical (unpaired) electrons. The zero-order valence-electron chi connectivity index (χ0n) is 13.0. The Labute approximate surface area is 126 Å². The number of methoxy groups -OCH3 is 1. The zero-order chi connectivity index (χ0) is 15.8. The van der Waals surface area contributed by atoms with Crippen LogP contribution in [0.5, 0.6) is 0 Å². The molecule has 0 aliphatic heterocycles. The average molecular weight is 280 g/mol. The van der Waals surface area contributed by atoms with Crippen molar-refractivity contribution >= 4 is 5.97 Å². The minimum atomic E-state index is -0.343. The van der Waals surface area contributed by atoms with Crippen LogP contribution in [0.1, 0.15) is 25.0 Å². The van der Waals surface area contributed by atoms with Gasteiger partial charge in [0.2, 0.25) is 0 Å². The molecule has 0 bridgehead atoms. The summed E-state index contributed by atoms with van der Waals surface area (Å²) in [6, 6.07) is 7.95. The molecule has 0 amide bonds. The molecule has 0 N–H and O–H groups in total. The van der Waals surface area contributed by atoms with E-state index in [9.17, 15) is 4.79 Å². The molecule has 108 valence electrons. The lowest BCUT2D eigenvalue weighted by Gasteiger charge is -2.01. The molecule has 0 spiro atoms. The fourth-order valence-electron chi connectivity index (χ4n) is 1.78. The van der Waals surface area contributed by atoms with E-state index in [-0.39, 0.29) is 5.97 Å². The van der Waals surface area contributed by atoms with Crippen LogP contribution >= 0.6 is 0 Å². The van der Waals surface area contributed by atoms with E-state index >= 15 is 0 Å². The van der Waals surface area contributed by atoms with Crippen molar-refractivity contribution in [2.45, 2.75) is 20.8 Å². The molecule has 21 heavy (non-hydrogen) atoms. The van der Waals surface area contributed by atoms with Crippen LogP contribution in [0.2, 0.25) is 0 Å².